The van der Waals surface area contributed by atoms with Gasteiger partial charge in [-0.3, -0.25) is 0 Å². The van der Waals surface area contributed by atoms with Gasteiger partial charge in [0.05, 0.1) is 22.2 Å². The second-order valence-corrected chi connectivity index (χ2v) is 10.2. The van der Waals surface area contributed by atoms with Crippen molar-refractivity contribution in [1.82, 2.24) is 0 Å². The third-order valence-corrected chi connectivity index (χ3v) is 9.17. The van der Waals surface area contributed by atoms with Crippen molar-refractivity contribution in [3.63, 3.8) is 0 Å². The molecule has 1 aromatic carbocycles. The van der Waals surface area contributed by atoms with E-state index in [0.29, 0.717) is 36.7 Å². The number of rotatable bonds is 0. The van der Waals surface area contributed by atoms with Gasteiger partial charge in [-0.25, -0.2) is 0 Å². The van der Waals surface area contributed by atoms with Gasteiger partial charge in [0, 0.05) is 5.41 Å². The van der Waals surface area contributed by atoms with E-state index in [2.05, 4.69) is 44.8 Å². The smallest absolute Gasteiger partial charge is 0.200 e. The van der Waals surface area contributed by atoms with E-state index in [-0.39, 0.29) is 5.41 Å². The van der Waals surface area contributed by atoms with Crippen molar-refractivity contribution in [3.05, 3.63) is 26.1 Å². The van der Waals surface area contributed by atoms with Crippen LogP contribution in [0.2, 0.25) is 0 Å². The third kappa shape index (κ3) is 2.11. The molecule has 1 saturated heterocycles. The first-order valence-corrected chi connectivity index (χ1v) is 11.1. The van der Waals surface area contributed by atoms with Crippen molar-refractivity contribution in [2.75, 3.05) is 13.2 Å². The van der Waals surface area contributed by atoms with Gasteiger partial charge >= 0.3 is 0 Å². The molecule has 0 amide bonds. The molecule has 26 heavy (non-hydrogen) atoms. The Labute approximate surface area is 170 Å². The molecule has 5 rings (SSSR count). The first-order valence-electron chi connectivity index (χ1n) is 9.55. The zero-order valence-electron chi connectivity index (χ0n) is 14.8. The van der Waals surface area contributed by atoms with Crippen LogP contribution in [0.3, 0.4) is 0 Å². The lowest BCUT2D eigenvalue weighted by atomic mass is 9.55. The van der Waals surface area contributed by atoms with Crippen LogP contribution in [0.25, 0.3) is 0 Å². The topological polar surface area (TPSA) is 58.9 Å². The normalized spacial score (nSPS) is 40.3. The Hall–Kier alpha value is -0.140. The Morgan fingerprint density at radius 2 is 1.92 bits per heavy atom. The first-order chi connectivity index (χ1) is 12.4. The summed E-state index contributed by atoms with van der Waals surface area (Å²) in [5.74, 6) is 0.874. The summed E-state index contributed by atoms with van der Waals surface area (Å²) in [4.78, 5) is 0. The molecule has 0 bridgehead atoms. The first kappa shape index (κ1) is 17.9. The molecule has 4 nitrogen and oxygen atoms in total. The van der Waals surface area contributed by atoms with Gasteiger partial charge in [0.1, 0.15) is 11.9 Å². The molecule has 3 aliphatic carbocycles. The summed E-state index contributed by atoms with van der Waals surface area (Å²) in [5, 5.41) is 21.2. The number of fused-ring (bicyclic) bond motifs is 6. The Morgan fingerprint density at radius 3 is 2.65 bits per heavy atom. The molecule has 4 aliphatic rings. The lowest BCUT2D eigenvalue weighted by molar-refractivity contribution is -0.270. The summed E-state index contributed by atoms with van der Waals surface area (Å²) in [6, 6.07) is 2.11. The highest BCUT2D eigenvalue weighted by atomic mass is 79.9. The fourth-order valence-electron chi connectivity index (χ4n) is 6.55. The average Bonchev–Trinajstić information content (AvgIpc) is 3.20. The van der Waals surface area contributed by atoms with E-state index >= 15 is 0 Å². The number of aromatic hydroxyl groups is 1. The number of phenols is 1. The molecule has 1 spiro atoms. The van der Waals surface area contributed by atoms with E-state index in [0.717, 1.165) is 41.0 Å². The highest BCUT2D eigenvalue weighted by Gasteiger charge is 2.69. The van der Waals surface area contributed by atoms with Crippen molar-refractivity contribution in [2.45, 2.75) is 56.8 Å². The zero-order valence-corrected chi connectivity index (χ0v) is 18.0. The molecule has 2 N–H and O–H groups in total. The van der Waals surface area contributed by atoms with E-state index in [1.54, 1.807) is 0 Å². The minimum absolute atomic E-state index is 0.132. The maximum atomic E-state index is 10.9. The maximum absolute atomic E-state index is 10.9. The van der Waals surface area contributed by atoms with Gasteiger partial charge < -0.3 is 19.7 Å². The van der Waals surface area contributed by atoms with Crippen molar-refractivity contribution in [2.24, 2.45) is 17.3 Å². The van der Waals surface area contributed by atoms with E-state index in [1.807, 2.05) is 0 Å². The lowest BCUT2D eigenvalue weighted by Crippen LogP contribution is -2.54. The monoisotopic (exact) mass is 486 g/mol. The van der Waals surface area contributed by atoms with E-state index in [1.165, 1.54) is 11.1 Å². The summed E-state index contributed by atoms with van der Waals surface area (Å²) in [6.45, 7) is 3.43. The molecular formula is C20H24Br2O4. The maximum Gasteiger partial charge on any atom is 0.200 e. The standard InChI is InChI=1S/C20H24Br2O4/c1-19-5-4-10-11(14(19)9-16(23)20(19)25-6-7-26-20)2-3-12-13(10)8-15(21)18(24)17(12)22/h8,10-11,14,16,23-24H,2-7,9H2,1H3/t10?,11-,14-,16-,19+/m1/s1. The predicted octanol–water partition coefficient (Wildman–Crippen LogP) is 4.49. The second-order valence-electron chi connectivity index (χ2n) is 8.58. The van der Waals surface area contributed by atoms with Gasteiger partial charge in [0.15, 0.2) is 5.79 Å². The second kappa shape index (κ2) is 5.93. The van der Waals surface area contributed by atoms with Gasteiger partial charge in [0.2, 0.25) is 0 Å². The number of hydrogen-bond donors (Lipinski definition) is 2. The van der Waals surface area contributed by atoms with Crippen LogP contribution in [0.5, 0.6) is 5.75 Å². The highest BCUT2D eigenvalue weighted by Crippen LogP contribution is 2.66. The van der Waals surface area contributed by atoms with Crippen LogP contribution in [0.1, 0.15) is 49.7 Å². The molecule has 142 valence electrons. The van der Waals surface area contributed by atoms with Crippen LogP contribution in [-0.2, 0) is 15.9 Å². The molecule has 1 unspecified atom stereocenters. The Bertz CT molecular complexity index is 761. The molecule has 1 aromatic rings. The zero-order chi connectivity index (χ0) is 18.3. The van der Waals surface area contributed by atoms with Crippen molar-refractivity contribution in [3.8, 4) is 5.75 Å². The van der Waals surface area contributed by atoms with Crippen molar-refractivity contribution in [1.29, 1.82) is 0 Å². The number of benzene rings is 1. The van der Waals surface area contributed by atoms with Gasteiger partial charge in [0.25, 0.3) is 0 Å². The molecular weight excluding hydrogens is 464 g/mol. The van der Waals surface area contributed by atoms with Crippen LogP contribution in [0.15, 0.2) is 15.0 Å². The summed E-state index contributed by atoms with van der Waals surface area (Å²) in [6.07, 6.45) is 4.31. The Kier molecular flexibility index (Phi) is 4.09. The molecule has 1 heterocycles. The minimum Gasteiger partial charge on any atom is -0.506 e. The highest BCUT2D eigenvalue weighted by molar-refractivity contribution is 9.11. The fraction of sp³-hybridized carbons (Fsp3) is 0.700. The van der Waals surface area contributed by atoms with Crippen LogP contribution < -0.4 is 0 Å². The van der Waals surface area contributed by atoms with Gasteiger partial charge in [-0.2, -0.15) is 0 Å². The van der Waals surface area contributed by atoms with E-state index < -0.39 is 11.9 Å². The summed E-state index contributed by atoms with van der Waals surface area (Å²) in [7, 11) is 0. The van der Waals surface area contributed by atoms with Gasteiger partial charge in [-0.05, 0) is 98.9 Å². The van der Waals surface area contributed by atoms with Crippen LogP contribution >= 0.6 is 31.9 Å². The Balaban J connectivity index is 1.56. The number of aliphatic hydroxyl groups excluding tert-OH is 1. The van der Waals surface area contributed by atoms with Crippen LogP contribution in [0, 0.1) is 17.3 Å². The lowest BCUT2D eigenvalue weighted by Gasteiger charge is -2.52. The molecule has 0 radical (unpaired) electrons. The summed E-state index contributed by atoms with van der Waals surface area (Å²) < 4.78 is 13.7. The van der Waals surface area contributed by atoms with Gasteiger partial charge in [-0.1, -0.05) is 6.92 Å². The van der Waals surface area contributed by atoms with Crippen LogP contribution in [0.4, 0.5) is 0 Å². The predicted molar refractivity (Wildman–Crippen MR) is 104 cm³/mol. The average molecular weight is 488 g/mol. The summed E-state index contributed by atoms with van der Waals surface area (Å²) in [5.41, 5.74) is 2.47. The summed E-state index contributed by atoms with van der Waals surface area (Å²) >= 11 is 7.11. The van der Waals surface area contributed by atoms with Crippen LogP contribution in [-0.4, -0.2) is 35.3 Å². The largest absolute Gasteiger partial charge is 0.506 e. The van der Waals surface area contributed by atoms with E-state index in [9.17, 15) is 10.2 Å². The number of phenolic OH excluding ortho intramolecular Hbond substituents is 1. The third-order valence-electron chi connectivity index (χ3n) is 7.71. The molecule has 6 heteroatoms. The number of halogens is 2. The molecule has 5 atom stereocenters. The number of aliphatic hydroxyl groups is 1. The SMILES string of the molecule is C[C@]12CCC3c4cc(Br)c(O)c(Br)c4CC[C@H]3[C@H]1C[C@@H](O)C21OCCO1. The fourth-order valence-corrected chi connectivity index (χ4v) is 7.90. The molecule has 2 saturated carbocycles. The number of hydrogen-bond acceptors (Lipinski definition) is 4. The van der Waals surface area contributed by atoms with E-state index in [4.69, 9.17) is 9.47 Å². The quantitative estimate of drug-likeness (QED) is 0.566. The Morgan fingerprint density at radius 1 is 1.19 bits per heavy atom. The molecule has 1 aliphatic heterocycles. The minimum atomic E-state index is -0.807. The van der Waals surface area contributed by atoms with Crippen molar-refractivity contribution >= 4 is 31.9 Å². The van der Waals surface area contributed by atoms with Gasteiger partial charge in [-0.15, -0.1) is 0 Å². The van der Waals surface area contributed by atoms with Crippen molar-refractivity contribution < 1.29 is 19.7 Å². The molecule has 0 aromatic heterocycles. The molecule has 3 fully saturated rings. The number of ether oxygens (including phenoxy) is 2.